The van der Waals surface area contributed by atoms with Gasteiger partial charge < -0.3 is 14.8 Å². The van der Waals surface area contributed by atoms with Crippen molar-refractivity contribution in [3.8, 4) is 17.6 Å². The van der Waals surface area contributed by atoms with Crippen molar-refractivity contribution < 1.29 is 9.47 Å². The molecule has 0 atom stereocenters. The van der Waals surface area contributed by atoms with Crippen molar-refractivity contribution in [1.82, 2.24) is 0 Å². The highest BCUT2D eigenvalue weighted by molar-refractivity contribution is 5.50. The topological polar surface area (TPSA) is 54.3 Å². The van der Waals surface area contributed by atoms with Crippen LogP contribution in [-0.2, 0) is 6.54 Å². The molecule has 1 aliphatic rings. The van der Waals surface area contributed by atoms with Crippen LogP contribution in [0.2, 0.25) is 0 Å². The molecule has 2 aromatic carbocycles. The Morgan fingerprint density at radius 2 is 1.90 bits per heavy atom. The van der Waals surface area contributed by atoms with Gasteiger partial charge in [0.1, 0.15) is 13.2 Å². The monoisotopic (exact) mass is 266 g/mol. The van der Waals surface area contributed by atoms with Crippen molar-refractivity contribution in [3.63, 3.8) is 0 Å². The van der Waals surface area contributed by atoms with Crippen LogP contribution >= 0.6 is 0 Å². The van der Waals surface area contributed by atoms with Crippen LogP contribution in [0.3, 0.4) is 0 Å². The first-order valence-electron chi connectivity index (χ1n) is 6.48. The summed E-state index contributed by atoms with van der Waals surface area (Å²) in [5, 5.41) is 12.2. The number of hydrogen-bond donors (Lipinski definition) is 1. The van der Waals surface area contributed by atoms with Gasteiger partial charge in [0.15, 0.2) is 11.5 Å². The van der Waals surface area contributed by atoms with Gasteiger partial charge in [0.05, 0.1) is 11.6 Å². The second kappa shape index (κ2) is 5.54. The highest BCUT2D eigenvalue weighted by Crippen LogP contribution is 2.30. The molecule has 2 aromatic rings. The van der Waals surface area contributed by atoms with Crippen LogP contribution in [0.1, 0.15) is 11.1 Å². The largest absolute Gasteiger partial charge is 0.486 e. The Bertz CT molecular complexity index is 662. The lowest BCUT2D eigenvalue weighted by Gasteiger charge is -2.19. The Hall–Kier alpha value is -2.67. The molecule has 3 rings (SSSR count). The minimum Gasteiger partial charge on any atom is -0.486 e. The molecule has 0 saturated carbocycles. The van der Waals surface area contributed by atoms with Crippen molar-refractivity contribution >= 4 is 5.69 Å². The van der Waals surface area contributed by atoms with E-state index in [9.17, 15) is 0 Å². The van der Waals surface area contributed by atoms with Gasteiger partial charge in [-0.05, 0) is 35.9 Å². The number of nitriles is 1. The zero-order valence-electron chi connectivity index (χ0n) is 10.9. The molecule has 1 aliphatic heterocycles. The van der Waals surface area contributed by atoms with Crippen molar-refractivity contribution in [2.45, 2.75) is 6.54 Å². The molecule has 0 aromatic heterocycles. The fourth-order valence-corrected chi connectivity index (χ4v) is 2.10. The quantitative estimate of drug-likeness (QED) is 0.928. The maximum absolute atomic E-state index is 8.87. The Balaban J connectivity index is 1.70. The van der Waals surface area contributed by atoms with E-state index in [0.29, 0.717) is 25.3 Å². The van der Waals surface area contributed by atoms with Gasteiger partial charge in [-0.3, -0.25) is 0 Å². The molecule has 0 unspecified atom stereocenters. The molecule has 0 spiro atoms. The molecule has 0 amide bonds. The molecule has 0 aliphatic carbocycles. The number of rotatable bonds is 3. The minimum absolute atomic E-state index is 0.591. The first kappa shape index (κ1) is 12.4. The molecule has 0 saturated heterocycles. The third-order valence-corrected chi connectivity index (χ3v) is 3.09. The number of nitrogens with zero attached hydrogens (tertiary/aromatic N) is 1. The fourth-order valence-electron chi connectivity index (χ4n) is 2.10. The summed E-state index contributed by atoms with van der Waals surface area (Å²) < 4.78 is 11.0. The van der Waals surface area contributed by atoms with E-state index in [-0.39, 0.29) is 0 Å². The van der Waals surface area contributed by atoms with Gasteiger partial charge in [0.2, 0.25) is 0 Å². The summed E-state index contributed by atoms with van der Waals surface area (Å²) in [5.74, 6) is 1.59. The van der Waals surface area contributed by atoms with Crippen molar-refractivity contribution in [3.05, 3.63) is 53.6 Å². The van der Waals surface area contributed by atoms with Gasteiger partial charge in [-0.15, -0.1) is 0 Å². The van der Waals surface area contributed by atoms with E-state index in [1.165, 1.54) is 0 Å². The Morgan fingerprint density at radius 1 is 1.05 bits per heavy atom. The average molecular weight is 266 g/mol. The first-order valence-corrected chi connectivity index (χ1v) is 6.48. The van der Waals surface area contributed by atoms with Gasteiger partial charge in [0.25, 0.3) is 0 Å². The van der Waals surface area contributed by atoms with Gasteiger partial charge >= 0.3 is 0 Å². The molecule has 4 heteroatoms. The average Bonchev–Trinajstić information content (AvgIpc) is 2.53. The maximum atomic E-state index is 8.87. The predicted octanol–water partition coefficient (Wildman–Crippen LogP) is 2.94. The molecular weight excluding hydrogens is 252 g/mol. The van der Waals surface area contributed by atoms with E-state index < -0.39 is 0 Å². The number of anilines is 1. The molecule has 20 heavy (non-hydrogen) atoms. The Labute approximate surface area is 117 Å². The molecule has 100 valence electrons. The number of hydrogen-bond acceptors (Lipinski definition) is 4. The molecular formula is C16H14N2O2. The second-order valence-corrected chi connectivity index (χ2v) is 4.52. The van der Waals surface area contributed by atoms with E-state index >= 15 is 0 Å². The van der Waals surface area contributed by atoms with E-state index in [2.05, 4.69) is 11.4 Å². The predicted molar refractivity (Wildman–Crippen MR) is 75.9 cm³/mol. The number of ether oxygens (including phenoxy) is 2. The second-order valence-electron chi connectivity index (χ2n) is 4.52. The zero-order chi connectivity index (χ0) is 13.8. The Kier molecular flexibility index (Phi) is 3.42. The van der Waals surface area contributed by atoms with Crippen LogP contribution in [0.4, 0.5) is 5.69 Å². The summed E-state index contributed by atoms with van der Waals surface area (Å²) in [6, 6.07) is 15.5. The van der Waals surface area contributed by atoms with Crippen LogP contribution in [0, 0.1) is 11.3 Å². The molecule has 1 N–H and O–H groups in total. The lowest BCUT2D eigenvalue weighted by Crippen LogP contribution is -2.15. The highest BCUT2D eigenvalue weighted by atomic mass is 16.6. The normalized spacial score (nSPS) is 12.6. The maximum Gasteiger partial charge on any atom is 0.161 e. The van der Waals surface area contributed by atoms with Crippen LogP contribution in [0.15, 0.2) is 42.5 Å². The summed E-state index contributed by atoms with van der Waals surface area (Å²) in [6.07, 6.45) is 0. The number of nitrogens with one attached hydrogen (secondary N) is 1. The van der Waals surface area contributed by atoms with Gasteiger partial charge in [-0.1, -0.05) is 12.1 Å². The lowest BCUT2D eigenvalue weighted by molar-refractivity contribution is 0.171. The van der Waals surface area contributed by atoms with Crippen LogP contribution in [0.25, 0.3) is 0 Å². The molecule has 4 nitrogen and oxygen atoms in total. The Morgan fingerprint density at radius 3 is 2.75 bits per heavy atom. The summed E-state index contributed by atoms with van der Waals surface area (Å²) in [7, 11) is 0. The zero-order valence-corrected chi connectivity index (χ0v) is 10.9. The first-order chi connectivity index (χ1) is 9.85. The summed E-state index contributed by atoms with van der Waals surface area (Å²) in [4.78, 5) is 0. The third kappa shape index (κ3) is 2.67. The molecule has 0 fully saturated rings. The van der Waals surface area contributed by atoms with E-state index in [1.54, 1.807) is 6.07 Å². The smallest absolute Gasteiger partial charge is 0.161 e. The third-order valence-electron chi connectivity index (χ3n) is 3.09. The minimum atomic E-state index is 0.591. The SMILES string of the molecule is N#Cc1cccc(NCc2ccc3c(c2)OCCO3)c1. The van der Waals surface area contributed by atoms with Crippen LogP contribution in [0.5, 0.6) is 11.5 Å². The van der Waals surface area contributed by atoms with E-state index in [0.717, 1.165) is 22.7 Å². The highest BCUT2D eigenvalue weighted by Gasteiger charge is 2.11. The molecule has 0 bridgehead atoms. The molecule has 1 heterocycles. The fraction of sp³-hybridized carbons (Fsp3) is 0.188. The van der Waals surface area contributed by atoms with Gasteiger partial charge in [-0.2, -0.15) is 5.26 Å². The number of benzene rings is 2. The number of fused-ring (bicyclic) bond motifs is 1. The molecule has 0 radical (unpaired) electrons. The standard InChI is InChI=1S/C16H14N2O2/c17-10-12-2-1-3-14(8-12)18-11-13-4-5-15-16(9-13)20-7-6-19-15/h1-5,8-9,18H,6-7,11H2. The van der Waals surface area contributed by atoms with Crippen LogP contribution in [-0.4, -0.2) is 13.2 Å². The van der Waals surface area contributed by atoms with E-state index in [1.807, 2.05) is 36.4 Å². The van der Waals surface area contributed by atoms with E-state index in [4.69, 9.17) is 14.7 Å². The summed E-state index contributed by atoms with van der Waals surface area (Å²) in [5.41, 5.74) is 2.69. The van der Waals surface area contributed by atoms with Gasteiger partial charge in [0, 0.05) is 12.2 Å². The van der Waals surface area contributed by atoms with Crippen LogP contribution < -0.4 is 14.8 Å². The van der Waals surface area contributed by atoms with Crippen molar-refractivity contribution in [1.29, 1.82) is 5.26 Å². The van der Waals surface area contributed by atoms with Crippen molar-refractivity contribution in [2.75, 3.05) is 18.5 Å². The summed E-state index contributed by atoms with van der Waals surface area (Å²) >= 11 is 0. The summed E-state index contributed by atoms with van der Waals surface area (Å²) in [6.45, 7) is 1.87. The lowest BCUT2D eigenvalue weighted by atomic mass is 10.1. The van der Waals surface area contributed by atoms with Gasteiger partial charge in [-0.25, -0.2) is 0 Å². The van der Waals surface area contributed by atoms with Crippen molar-refractivity contribution in [2.24, 2.45) is 0 Å².